The third-order valence-electron chi connectivity index (χ3n) is 1.42. The number of nitrogens with two attached hydrogens (primary N) is 1. The summed E-state index contributed by atoms with van der Waals surface area (Å²) in [5.74, 6) is -0.503. The molecule has 3 N–H and O–H groups in total. The molecule has 1 rings (SSSR count). The smallest absolute Gasteiger partial charge is 0.305 e. The van der Waals surface area contributed by atoms with Gasteiger partial charge in [0.25, 0.3) is 0 Å². The molecular weight excluding hydrogens is 306 g/mol. The van der Waals surface area contributed by atoms with E-state index in [9.17, 15) is 4.79 Å². The lowest BCUT2D eigenvalue weighted by Gasteiger charge is -2.03. The number of rotatable bonds is 3. The predicted molar refractivity (Wildman–Crippen MR) is 53.3 cm³/mol. The quantitative estimate of drug-likeness (QED) is 0.897. The molecule has 0 saturated heterocycles. The molecule has 0 fully saturated rings. The van der Waals surface area contributed by atoms with Gasteiger partial charge in [0.05, 0.1) is 16.9 Å². The highest BCUT2D eigenvalue weighted by molar-refractivity contribution is 9.13. The minimum Gasteiger partial charge on any atom is -0.481 e. The maximum absolute atomic E-state index is 10.3. The molecule has 0 aliphatic rings. The van der Waals surface area contributed by atoms with Crippen molar-refractivity contribution in [2.75, 3.05) is 0 Å². The SMILES string of the molecule is N[C@H](CC(=O)O)c1cc(Br)c(Br)o1. The molecule has 13 heavy (non-hydrogen) atoms. The molecule has 4 nitrogen and oxygen atoms in total. The van der Waals surface area contributed by atoms with E-state index in [-0.39, 0.29) is 6.42 Å². The summed E-state index contributed by atoms with van der Waals surface area (Å²) in [5.41, 5.74) is 5.56. The van der Waals surface area contributed by atoms with E-state index < -0.39 is 12.0 Å². The zero-order valence-corrected chi connectivity index (χ0v) is 9.63. The maximum atomic E-state index is 10.3. The summed E-state index contributed by atoms with van der Waals surface area (Å²) >= 11 is 6.34. The molecule has 1 aromatic rings. The van der Waals surface area contributed by atoms with Crippen molar-refractivity contribution in [3.8, 4) is 0 Å². The second-order valence-electron chi connectivity index (χ2n) is 2.47. The molecule has 0 saturated carbocycles. The zero-order chi connectivity index (χ0) is 10.0. The van der Waals surface area contributed by atoms with Gasteiger partial charge in [0.2, 0.25) is 0 Å². The van der Waals surface area contributed by atoms with Crippen molar-refractivity contribution < 1.29 is 14.3 Å². The topological polar surface area (TPSA) is 76.5 Å². The van der Waals surface area contributed by atoms with Gasteiger partial charge in [-0.3, -0.25) is 4.79 Å². The van der Waals surface area contributed by atoms with Gasteiger partial charge in [-0.05, 0) is 37.9 Å². The van der Waals surface area contributed by atoms with Crippen molar-refractivity contribution in [1.29, 1.82) is 0 Å². The third kappa shape index (κ3) is 2.82. The van der Waals surface area contributed by atoms with Crippen LogP contribution in [0.5, 0.6) is 0 Å². The van der Waals surface area contributed by atoms with Crippen molar-refractivity contribution in [3.05, 3.63) is 21.0 Å². The Kier molecular flexibility index (Phi) is 3.52. The fraction of sp³-hybridized carbons (Fsp3) is 0.286. The second-order valence-corrected chi connectivity index (χ2v) is 4.05. The number of halogens is 2. The molecule has 1 heterocycles. The van der Waals surface area contributed by atoms with E-state index in [0.29, 0.717) is 10.4 Å². The van der Waals surface area contributed by atoms with E-state index >= 15 is 0 Å². The average molecular weight is 313 g/mol. The van der Waals surface area contributed by atoms with Gasteiger partial charge in [0.1, 0.15) is 5.76 Å². The Morgan fingerprint density at radius 3 is 2.69 bits per heavy atom. The first kappa shape index (κ1) is 10.7. The van der Waals surface area contributed by atoms with Crippen LogP contribution in [0.2, 0.25) is 0 Å². The molecule has 0 bridgehead atoms. The van der Waals surface area contributed by atoms with Gasteiger partial charge in [-0.15, -0.1) is 0 Å². The molecule has 1 aromatic heterocycles. The lowest BCUT2D eigenvalue weighted by Crippen LogP contribution is -2.14. The van der Waals surface area contributed by atoms with Crippen LogP contribution in [0.3, 0.4) is 0 Å². The predicted octanol–water partition coefficient (Wildman–Crippen LogP) is 2.28. The first-order valence-electron chi connectivity index (χ1n) is 3.43. The Hall–Kier alpha value is -0.330. The van der Waals surface area contributed by atoms with Crippen LogP contribution < -0.4 is 5.73 Å². The van der Waals surface area contributed by atoms with Crippen molar-refractivity contribution in [3.63, 3.8) is 0 Å². The summed E-state index contributed by atoms with van der Waals surface area (Å²) < 4.78 is 6.40. The van der Waals surface area contributed by atoms with Gasteiger partial charge >= 0.3 is 5.97 Å². The van der Waals surface area contributed by atoms with Crippen LogP contribution in [0.15, 0.2) is 19.6 Å². The molecule has 0 aliphatic carbocycles. The number of carboxylic acid groups (broad SMARTS) is 1. The van der Waals surface area contributed by atoms with Crippen LogP contribution in [-0.4, -0.2) is 11.1 Å². The van der Waals surface area contributed by atoms with Crippen LogP contribution in [0.25, 0.3) is 0 Å². The van der Waals surface area contributed by atoms with Gasteiger partial charge in [-0.1, -0.05) is 0 Å². The summed E-state index contributed by atoms with van der Waals surface area (Å²) in [7, 11) is 0. The van der Waals surface area contributed by atoms with E-state index in [0.717, 1.165) is 4.47 Å². The Morgan fingerprint density at radius 1 is 1.69 bits per heavy atom. The molecule has 0 radical (unpaired) electrons. The number of aliphatic carboxylic acids is 1. The summed E-state index contributed by atoms with van der Waals surface area (Å²) in [4.78, 5) is 10.3. The summed E-state index contributed by atoms with van der Waals surface area (Å²) in [6.07, 6.45) is -0.146. The van der Waals surface area contributed by atoms with Gasteiger partial charge < -0.3 is 15.3 Å². The largest absolute Gasteiger partial charge is 0.481 e. The molecule has 0 amide bonds. The number of hydrogen-bond acceptors (Lipinski definition) is 3. The summed E-state index contributed by atoms with van der Waals surface area (Å²) in [6.45, 7) is 0. The minimum atomic E-state index is -0.948. The average Bonchev–Trinajstić information content (AvgIpc) is 2.31. The highest BCUT2D eigenvalue weighted by Gasteiger charge is 2.16. The fourth-order valence-corrected chi connectivity index (χ4v) is 1.44. The lowest BCUT2D eigenvalue weighted by molar-refractivity contribution is -0.137. The van der Waals surface area contributed by atoms with Crippen LogP contribution in [0.4, 0.5) is 0 Å². The van der Waals surface area contributed by atoms with Gasteiger partial charge in [0.15, 0.2) is 4.67 Å². The molecule has 0 aromatic carbocycles. The number of furan rings is 1. The van der Waals surface area contributed by atoms with E-state index in [1.165, 1.54) is 0 Å². The number of hydrogen-bond donors (Lipinski definition) is 2. The second kappa shape index (κ2) is 4.26. The van der Waals surface area contributed by atoms with E-state index in [1.807, 2.05) is 0 Å². The first-order valence-corrected chi connectivity index (χ1v) is 5.01. The van der Waals surface area contributed by atoms with Crippen molar-refractivity contribution in [1.82, 2.24) is 0 Å². The standard InChI is InChI=1S/C7H7Br2NO3/c8-3-1-5(13-7(3)9)4(10)2-6(11)12/h1,4H,2,10H2,(H,11,12)/t4-/m1/s1. The summed E-state index contributed by atoms with van der Waals surface area (Å²) in [5, 5.41) is 8.48. The van der Waals surface area contributed by atoms with E-state index in [4.69, 9.17) is 15.3 Å². The van der Waals surface area contributed by atoms with Crippen LogP contribution in [0.1, 0.15) is 18.2 Å². The Labute approximate surface area is 91.4 Å². The Balaban J connectivity index is 2.77. The molecule has 0 spiro atoms. The van der Waals surface area contributed by atoms with Crippen molar-refractivity contribution in [2.45, 2.75) is 12.5 Å². The van der Waals surface area contributed by atoms with E-state index in [2.05, 4.69) is 31.9 Å². The molecule has 72 valence electrons. The first-order chi connectivity index (χ1) is 6.00. The number of carboxylic acids is 1. The highest BCUT2D eigenvalue weighted by atomic mass is 79.9. The van der Waals surface area contributed by atoms with Crippen molar-refractivity contribution in [2.24, 2.45) is 5.73 Å². The van der Waals surface area contributed by atoms with Crippen LogP contribution >= 0.6 is 31.9 Å². The zero-order valence-electron chi connectivity index (χ0n) is 6.46. The van der Waals surface area contributed by atoms with E-state index in [1.54, 1.807) is 6.07 Å². The van der Waals surface area contributed by atoms with Crippen LogP contribution in [-0.2, 0) is 4.79 Å². The van der Waals surface area contributed by atoms with Gasteiger partial charge in [-0.25, -0.2) is 0 Å². The molecule has 1 atom stereocenters. The van der Waals surface area contributed by atoms with Gasteiger partial charge in [0, 0.05) is 0 Å². The molecular formula is C7H7Br2NO3. The third-order valence-corrected chi connectivity index (χ3v) is 3.13. The molecule has 0 unspecified atom stereocenters. The normalized spacial score (nSPS) is 12.8. The monoisotopic (exact) mass is 311 g/mol. The lowest BCUT2D eigenvalue weighted by atomic mass is 10.2. The van der Waals surface area contributed by atoms with Crippen molar-refractivity contribution >= 4 is 37.8 Å². The maximum Gasteiger partial charge on any atom is 0.305 e. The molecule has 6 heteroatoms. The Bertz CT molecular complexity index is 304. The minimum absolute atomic E-state index is 0.146. The Morgan fingerprint density at radius 2 is 2.31 bits per heavy atom. The van der Waals surface area contributed by atoms with Gasteiger partial charge in [-0.2, -0.15) is 0 Å². The summed E-state index contributed by atoms with van der Waals surface area (Å²) in [6, 6.07) is 1.04. The number of carbonyl (C=O) groups is 1. The molecule has 0 aliphatic heterocycles. The van der Waals surface area contributed by atoms with Crippen LogP contribution in [0, 0.1) is 0 Å². The fourth-order valence-electron chi connectivity index (χ4n) is 0.835. The highest BCUT2D eigenvalue weighted by Crippen LogP contribution is 2.29.